The molecule has 0 amide bonds. The highest BCUT2D eigenvalue weighted by molar-refractivity contribution is 6.16. The van der Waals surface area contributed by atoms with Gasteiger partial charge in [-0.05, 0) is 12.1 Å². The summed E-state index contributed by atoms with van der Waals surface area (Å²) in [7, 11) is 0. The Kier molecular flexibility index (Phi) is 3.63. The fraction of sp³-hybridized carbons (Fsp3) is 0.0588. The number of nitrogens with zero attached hydrogens (tertiary/aromatic N) is 2. The number of aliphatic imine (C=N–C) groups is 2. The molecule has 110 valence electrons. The molecule has 0 radical (unpaired) electrons. The molecule has 0 N–H and O–H groups in total. The van der Waals surface area contributed by atoms with Crippen molar-refractivity contribution in [3.63, 3.8) is 0 Å². The van der Waals surface area contributed by atoms with Crippen LogP contribution in [0.3, 0.4) is 0 Å². The maximum absolute atomic E-state index is 12.7. The molecule has 0 aliphatic carbocycles. The molecular weight excluding hydrogens is 289 g/mol. The van der Waals surface area contributed by atoms with Gasteiger partial charge < -0.3 is 0 Å². The Morgan fingerprint density at radius 1 is 0.818 bits per heavy atom. The van der Waals surface area contributed by atoms with Gasteiger partial charge in [0.1, 0.15) is 0 Å². The number of hydrogen-bond donors (Lipinski definition) is 0. The van der Waals surface area contributed by atoms with E-state index in [2.05, 4.69) is 9.98 Å². The smallest absolute Gasteiger partial charge is 0.262 e. The lowest BCUT2D eigenvalue weighted by atomic mass is 9.97. The Bertz CT molecular complexity index is 769. The van der Waals surface area contributed by atoms with Crippen LogP contribution < -0.4 is 0 Å². The van der Waals surface area contributed by atoms with E-state index in [0.717, 1.165) is 23.3 Å². The largest absolute Gasteiger partial charge is 0.416 e. The Labute approximate surface area is 125 Å². The van der Waals surface area contributed by atoms with Crippen LogP contribution in [0.25, 0.3) is 0 Å². The minimum atomic E-state index is -4.34. The summed E-state index contributed by atoms with van der Waals surface area (Å²) in [6.45, 7) is 0. The van der Waals surface area contributed by atoms with Gasteiger partial charge >= 0.3 is 6.18 Å². The van der Waals surface area contributed by atoms with Gasteiger partial charge in [0.15, 0.2) is 0 Å². The molecule has 0 saturated carbocycles. The third-order valence-electron chi connectivity index (χ3n) is 3.27. The summed E-state index contributed by atoms with van der Waals surface area (Å²) in [5, 5.41) is 0. The zero-order valence-electron chi connectivity index (χ0n) is 11.4. The zero-order valence-corrected chi connectivity index (χ0v) is 11.4. The lowest BCUT2D eigenvalue weighted by Crippen LogP contribution is -2.09. The van der Waals surface area contributed by atoms with Gasteiger partial charge in [0.25, 0.3) is 0 Å². The van der Waals surface area contributed by atoms with Crippen LogP contribution in [-0.4, -0.2) is 11.9 Å². The monoisotopic (exact) mass is 300 g/mol. The number of fused-ring (bicyclic) bond motifs is 1. The molecule has 2 aromatic rings. The van der Waals surface area contributed by atoms with Gasteiger partial charge in [-0.15, -0.1) is 0 Å². The first-order valence-corrected chi connectivity index (χ1v) is 6.59. The Morgan fingerprint density at radius 3 is 2.27 bits per heavy atom. The van der Waals surface area contributed by atoms with E-state index in [0.29, 0.717) is 11.3 Å². The summed E-state index contributed by atoms with van der Waals surface area (Å²) in [6, 6.07) is 12.5. The lowest BCUT2D eigenvalue weighted by Gasteiger charge is -2.12. The third kappa shape index (κ3) is 2.83. The van der Waals surface area contributed by atoms with E-state index < -0.39 is 11.7 Å². The van der Waals surface area contributed by atoms with Gasteiger partial charge in [0.2, 0.25) is 0 Å². The molecular formula is C17H11F3N2. The molecule has 0 atom stereocenters. The first-order valence-electron chi connectivity index (χ1n) is 6.59. The van der Waals surface area contributed by atoms with Crippen LogP contribution in [0.2, 0.25) is 0 Å². The molecule has 1 aliphatic heterocycles. The second-order valence-electron chi connectivity index (χ2n) is 4.72. The van der Waals surface area contributed by atoms with Crippen molar-refractivity contribution in [3.05, 3.63) is 83.2 Å². The van der Waals surface area contributed by atoms with Crippen molar-refractivity contribution < 1.29 is 13.2 Å². The molecule has 0 saturated heterocycles. The fourth-order valence-corrected chi connectivity index (χ4v) is 2.21. The average Bonchev–Trinajstić information content (AvgIpc) is 2.48. The minimum Gasteiger partial charge on any atom is -0.262 e. The molecule has 0 aromatic heterocycles. The van der Waals surface area contributed by atoms with Gasteiger partial charge in [-0.1, -0.05) is 36.4 Å². The Morgan fingerprint density at radius 2 is 1.55 bits per heavy atom. The quantitative estimate of drug-likeness (QED) is 0.743. The van der Waals surface area contributed by atoms with Crippen molar-refractivity contribution in [2.45, 2.75) is 6.18 Å². The molecule has 3 rings (SSSR count). The van der Waals surface area contributed by atoms with Gasteiger partial charge in [0.05, 0.1) is 11.3 Å². The van der Waals surface area contributed by atoms with Gasteiger partial charge in [-0.2, -0.15) is 13.2 Å². The van der Waals surface area contributed by atoms with Crippen molar-refractivity contribution in [1.82, 2.24) is 0 Å². The van der Waals surface area contributed by atoms with Crippen molar-refractivity contribution in [1.29, 1.82) is 0 Å². The number of halogens is 3. The predicted molar refractivity (Wildman–Crippen MR) is 80.3 cm³/mol. The number of alkyl halides is 3. The van der Waals surface area contributed by atoms with Crippen LogP contribution in [0, 0.1) is 0 Å². The van der Waals surface area contributed by atoms with Crippen LogP contribution in [0.1, 0.15) is 22.3 Å². The SMILES string of the molecule is FC(F)(F)c1ccc(C2=NC=CN=Cc3ccccc32)cc1. The maximum Gasteiger partial charge on any atom is 0.416 e. The second-order valence-corrected chi connectivity index (χ2v) is 4.72. The van der Waals surface area contributed by atoms with Crippen LogP contribution >= 0.6 is 0 Å². The predicted octanol–water partition coefficient (Wildman–Crippen LogP) is 4.45. The highest BCUT2D eigenvalue weighted by Crippen LogP contribution is 2.29. The van der Waals surface area contributed by atoms with Gasteiger partial charge in [-0.3, -0.25) is 9.98 Å². The normalized spacial score (nSPS) is 14.0. The van der Waals surface area contributed by atoms with E-state index in [1.54, 1.807) is 12.4 Å². The number of rotatable bonds is 1. The van der Waals surface area contributed by atoms with E-state index in [1.165, 1.54) is 18.3 Å². The van der Waals surface area contributed by atoms with E-state index >= 15 is 0 Å². The molecule has 5 heteroatoms. The average molecular weight is 300 g/mol. The van der Waals surface area contributed by atoms with Crippen molar-refractivity contribution in [2.24, 2.45) is 9.98 Å². The second kappa shape index (κ2) is 5.60. The minimum absolute atomic E-state index is 0.617. The first kappa shape index (κ1) is 14.3. The molecule has 0 unspecified atom stereocenters. The summed E-state index contributed by atoms with van der Waals surface area (Å²) >= 11 is 0. The standard InChI is InChI=1S/C17H11F3N2/c18-17(19,20)14-7-5-12(6-8-14)16-15-4-2-1-3-13(15)11-21-9-10-22-16/h1-11H. The molecule has 2 nitrogen and oxygen atoms in total. The van der Waals surface area contributed by atoms with E-state index in [4.69, 9.17) is 0 Å². The number of hydrogen-bond acceptors (Lipinski definition) is 2. The first-order chi connectivity index (χ1) is 10.6. The Hall–Kier alpha value is -2.69. The highest BCUT2D eigenvalue weighted by atomic mass is 19.4. The van der Waals surface area contributed by atoms with Crippen molar-refractivity contribution in [3.8, 4) is 0 Å². The summed E-state index contributed by atoms with van der Waals surface area (Å²) in [6.07, 6.45) is 0.426. The summed E-state index contributed by atoms with van der Waals surface area (Å²) in [5.74, 6) is 0. The Balaban J connectivity index is 2.08. The van der Waals surface area contributed by atoms with Crippen LogP contribution in [0.4, 0.5) is 13.2 Å². The number of benzene rings is 2. The highest BCUT2D eigenvalue weighted by Gasteiger charge is 2.30. The van der Waals surface area contributed by atoms with Crippen molar-refractivity contribution >= 4 is 11.9 Å². The molecule has 0 fully saturated rings. The van der Waals surface area contributed by atoms with Crippen LogP contribution in [-0.2, 0) is 6.18 Å². The molecule has 1 heterocycles. The molecule has 0 bridgehead atoms. The van der Waals surface area contributed by atoms with E-state index in [1.807, 2.05) is 24.3 Å². The third-order valence-corrected chi connectivity index (χ3v) is 3.27. The maximum atomic E-state index is 12.7. The zero-order chi connectivity index (χ0) is 15.6. The summed E-state index contributed by atoms with van der Waals surface area (Å²) < 4.78 is 38.0. The summed E-state index contributed by atoms with van der Waals surface area (Å²) in [4.78, 5) is 8.41. The lowest BCUT2D eigenvalue weighted by molar-refractivity contribution is -0.137. The van der Waals surface area contributed by atoms with Gasteiger partial charge in [0, 0.05) is 35.3 Å². The molecule has 1 aliphatic rings. The van der Waals surface area contributed by atoms with E-state index in [9.17, 15) is 13.2 Å². The van der Waals surface area contributed by atoms with Gasteiger partial charge in [-0.25, -0.2) is 0 Å². The fourth-order valence-electron chi connectivity index (χ4n) is 2.21. The molecule has 0 spiro atoms. The topological polar surface area (TPSA) is 24.7 Å². The van der Waals surface area contributed by atoms with Crippen LogP contribution in [0.15, 0.2) is 70.9 Å². The van der Waals surface area contributed by atoms with Crippen LogP contribution in [0.5, 0.6) is 0 Å². The van der Waals surface area contributed by atoms with Crippen molar-refractivity contribution in [2.75, 3.05) is 0 Å². The molecule has 22 heavy (non-hydrogen) atoms. The van der Waals surface area contributed by atoms with E-state index in [-0.39, 0.29) is 0 Å². The molecule has 2 aromatic carbocycles. The summed E-state index contributed by atoms with van der Waals surface area (Å²) in [5.41, 5.74) is 2.26.